The third kappa shape index (κ3) is 3.85. The third-order valence-corrected chi connectivity index (χ3v) is 4.49. The summed E-state index contributed by atoms with van der Waals surface area (Å²) in [4.78, 5) is 14.0. The van der Waals surface area contributed by atoms with Crippen molar-refractivity contribution in [3.8, 4) is 46.3 Å². The molecule has 4 rings (SSSR count). The van der Waals surface area contributed by atoms with Crippen LogP contribution in [0.5, 0.6) is 0 Å². The van der Waals surface area contributed by atoms with E-state index in [1.165, 1.54) is 0 Å². The number of nitriles is 2. The van der Waals surface area contributed by atoms with Gasteiger partial charge in [-0.3, -0.25) is 0 Å². The van der Waals surface area contributed by atoms with Gasteiger partial charge in [0, 0.05) is 16.7 Å². The molecule has 5 heteroatoms. The molecule has 1 heterocycles. The lowest BCUT2D eigenvalue weighted by Crippen LogP contribution is -2.00. The Morgan fingerprint density at radius 3 is 1.14 bits per heavy atom. The number of benzene rings is 3. The average Bonchev–Trinajstić information content (AvgIpc) is 2.79. The minimum absolute atomic E-state index is 0.527. The lowest BCUT2D eigenvalue weighted by Gasteiger charge is -2.08. The highest BCUT2D eigenvalue weighted by molar-refractivity contribution is 5.67. The summed E-state index contributed by atoms with van der Waals surface area (Å²) in [6.45, 7) is 2.03. The van der Waals surface area contributed by atoms with Gasteiger partial charge in [-0.15, -0.1) is 0 Å². The van der Waals surface area contributed by atoms with Gasteiger partial charge >= 0.3 is 0 Å². The van der Waals surface area contributed by atoms with Gasteiger partial charge in [0.25, 0.3) is 0 Å². The summed E-state index contributed by atoms with van der Waals surface area (Å²) in [7, 11) is 0. The number of rotatable bonds is 3. The minimum Gasteiger partial charge on any atom is -0.208 e. The van der Waals surface area contributed by atoms with Gasteiger partial charge in [-0.1, -0.05) is 29.8 Å². The highest BCUT2D eigenvalue weighted by Gasteiger charge is 2.12. The van der Waals surface area contributed by atoms with Crippen LogP contribution in [0.25, 0.3) is 34.2 Å². The van der Waals surface area contributed by atoms with E-state index in [2.05, 4.69) is 27.1 Å². The maximum Gasteiger partial charge on any atom is 0.164 e. The van der Waals surface area contributed by atoms with Gasteiger partial charge in [-0.05, 0) is 55.5 Å². The smallest absolute Gasteiger partial charge is 0.164 e. The van der Waals surface area contributed by atoms with E-state index in [-0.39, 0.29) is 0 Å². The van der Waals surface area contributed by atoms with E-state index in [1.54, 1.807) is 24.3 Å². The molecule has 5 nitrogen and oxygen atoms in total. The second-order valence-corrected chi connectivity index (χ2v) is 6.55. The molecular weight excluding hydrogens is 358 g/mol. The van der Waals surface area contributed by atoms with Gasteiger partial charge in [0.2, 0.25) is 0 Å². The van der Waals surface area contributed by atoms with E-state index < -0.39 is 0 Å². The fraction of sp³-hybridized carbons (Fsp3) is 0.0417. The van der Waals surface area contributed by atoms with Crippen LogP contribution < -0.4 is 0 Å². The van der Waals surface area contributed by atoms with Crippen molar-refractivity contribution in [3.05, 3.63) is 89.5 Å². The molecule has 0 aliphatic heterocycles. The normalized spacial score (nSPS) is 10.2. The van der Waals surface area contributed by atoms with Crippen molar-refractivity contribution in [1.29, 1.82) is 10.5 Å². The summed E-state index contributed by atoms with van der Waals surface area (Å²) < 4.78 is 0. The number of aryl methyl sites for hydroxylation is 1. The van der Waals surface area contributed by atoms with Crippen molar-refractivity contribution in [2.45, 2.75) is 6.92 Å². The molecule has 0 atom stereocenters. The number of nitrogens with zero attached hydrogens (tertiary/aromatic N) is 5. The molecule has 0 unspecified atom stereocenters. The predicted molar refractivity (Wildman–Crippen MR) is 110 cm³/mol. The van der Waals surface area contributed by atoms with E-state index >= 15 is 0 Å². The first-order valence-corrected chi connectivity index (χ1v) is 9.00. The standard InChI is InChI=1S/C24H15N5/c1-16-2-8-19(9-3-16)22-27-23(20-10-4-17(14-25)5-11-20)29-24(28-22)21-12-6-18(15-26)7-13-21/h2-13H,1H3. The molecule has 3 aromatic carbocycles. The first-order chi connectivity index (χ1) is 14.2. The molecule has 0 aliphatic rings. The van der Waals surface area contributed by atoms with Crippen LogP contribution in [0.4, 0.5) is 0 Å². The molecule has 0 saturated heterocycles. The second kappa shape index (κ2) is 7.72. The third-order valence-electron chi connectivity index (χ3n) is 4.49. The van der Waals surface area contributed by atoms with E-state index in [0.717, 1.165) is 22.3 Å². The van der Waals surface area contributed by atoms with Gasteiger partial charge in [0.05, 0.1) is 23.3 Å². The number of aromatic nitrogens is 3. The first kappa shape index (κ1) is 18.0. The molecule has 0 aliphatic carbocycles. The minimum atomic E-state index is 0.527. The Morgan fingerprint density at radius 1 is 0.517 bits per heavy atom. The molecule has 0 saturated carbocycles. The zero-order valence-corrected chi connectivity index (χ0v) is 15.7. The van der Waals surface area contributed by atoms with Crippen LogP contribution in [0.2, 0.25) is 0 Å². The predicted octanol–water partition coefficient (Wildman–Crippen LogP) is 4.92. The molecule has 0 radical (unpaired) electrons. The Balaban J connectivity index is 1.87. The molecule has 0 N–H and O–H groups in total. The van der Waals surface area contributed by atoms with Crippen molar-refractivity contribution in [2.75, 3.05) is 0 Å². The van der Waals surface area contributed by atoms with Crippen LogP contribution in [-0.2, 0) is 0 Å². The molecule has 0 fully saturated rings. The summed E-state index contributed by atoms with van der Waals surface area (Å²) >= 11 is 0. The average molecular weight is 373 g/mol. The van der Waals surface area contributed by atoms with Gasteiger partial charge in [-0.2, -0.15) is 10.5 Å². The van der Waals surface area contributed by atoms with Crippen molar-refractivity contribution < 1.29 is 0 Å². The topological polar surface area (TPSA) is 86.2 Å². The Morgan fingerprint density at radius 2 is 0.828 bits per heavy atom. The summed E-state index contributed by atoms with van der Waals surface area (Å²) in [6, 6.07) is 26.5. The Labute approximate surface area is 168 Å². The van der Waals surface area contributed by atoms with E-state index in [4.69, 9.17) is 10.5 Å². The van der Waals surface area contributed by atoms with Crippen LogP contribution in [0.1, 0.15) is 16.7 Å². The van der Waals surface area contributed by atoms with Gasteiger partial charge < -0.3 is 0 Å². The van der Waals surface area contributed by atoms with E-state index in [1.807, 2.05) is 55.5 Å². The lowest BCUT2D eigenvalue weighted by atomic mass is 10.1. The fourth-order valence-electron chi connectivity index (χ4n) is 2.85. The van der Waals surface area contributed by atoms with E-state index in [0.29, 0.717) is 28.6 Å². The largest absolute Gasteiger partial charge is 0.208 e. The number of hydrogen-bond acceptors (Lipinski definition) is 5. The number of hydrogen-bond donors (Lipinski definition) is 0. The Kier molecular flexibility index (Phi) is 4.80. The zero-order chi connectivity index (χ0) is 20.2. The molecule has 29 heavy (non-hydrogen) atoms. The highest BCUT2D eigenvalue weighted by Crippen LogP contribution is 2.25. The van der Waals surface area contributed by atoms with Crippen molar-refractivity contribution in [1.82, 2.24) is 15.0 Å². The fourth-order valence-corrected chi connectivity index (χ4v) is 2.85. The summed E-state index contributed by atoms with van der Waals surface area (Å²) in [5.41, 5.74) is 4.80. The van der Waals surface area contributed by atoms with Crippen LogP contribution in [0.15, 0.2) is 72.8 Å². The molecule has 1 aromatic heterocycles. The van der Waals surface area contributed by atoms with Crippen molar-refractivity contribution >= 4 is 0 Å². The maximum atomic E-state index is 9.04. The Bertz CT molecular complexity index is 1170. The molecule has 4 aromatic rings. The molecule has 0 bridgehead atoms. The SMILES string of the molecule is Cc1ccc(-c2nc(-c3ccc(C#N)cc3)nc(-c3ccc(C#N)cc3)n2)cc1. The molecule has 0 amide bonds. The quantitative estimate of drug-likeness (QED) is 0.508. The second-order valence-electron chi connectivity index (χ2n) is 6.55. The molecular formula is C24H15N5. The van der Waals surface area contributed by atoms with Crippen LogP contribution in [-0.4, -0.2) is 15.0 Å². The van der Waals surface area contributed by atoms with Crippen molar-refractivity contribution in [2.24, 2.45) is 0 Å². The van der Waals surface area contributed by atoms with Crippen LogP contribution >= 0.6 is 0 Å². The molecule has 0 spiro atoms. The highest BCUT2D eigenvalue weighted by atomic mass is 15.0. The van der Waals surface area contributed by atoms with Crippen LogP contribution in [0, 0.1) is 29.6 Å². The summed E-state index contributed by atoms with van der Waals surface area (Å²) in [5, 5.41) is 18.1. The Hall–Kier alpha value is -4.35. The van der Waals surface area contributed by atoms with Gasteiger partial charge in [0.1, 0.15) is 0 Å². The summed E-state index contributed by atoms with van der Waals surface area (Å²) in [5.74, 6) is 1.62. The van der Waals surface area contributed by atoms with Crippen molar-refractivity contribution in [3.63, 3.8) is 0 Å². The van der Waals surface area contributed by atoms with Gasteiger partial charge in [-0.25, -0.2) is 15.0 Å². The lowest BCUT2D eigenvalue weighted by molar-refractivity contribution is 1.07. The molecule has 136 valence electrons. The van der Waals surface area contributed by atoms with E-state index in [9.17, 15) is 0 Å². The first-order valence-electron chi connectivity index (χ1n) is 9.00. The maximum absolute atomic E-state index is 9.04. The van der Waals surface area contributed by atoms with Crippen LogP contribution in [0.3, 0.4) is 0 Å². The van der Waals surface area contributed by atoms with Gasteiger partial charge in [0.15, 0.2) is 17.5 Å². The summed E-state index contributed by atoms with van der Waals surface area (Å²) in [6.07, 6.45) is 0. The monoisotopic (exact) mass is 373 g/mol. The zero-order valence-electron chi connectivity index (χ0n) is 15.7.